The zero-order valence-electron chi connectivity index (χ0n) is 13.5. The highest BCUT2D eigenvalue weighted by atomic mass is 35.5. The number of ether oxygens (including phenoxy) is 1. The molecule has 118 valence electrons. The summed E-state index contributed by atoms with van der Waals surface area (Å²) < 4.78 is 5.83. The van der Waals surface area contributed by atoms with Crippen LogP contribution >= 0.6 is 11.6 Å². The average molecular weight is 312 g/mol. The minimum absolute atomic E-state index is 0.0270. The minimum Gasteiger partial charge on any atom is -0.491 e. The summed E-state index contributed by atoms with van der Waals surface area (Å²) in [4.78, 5) is 11.5. The molecule has 1 aromatic rings. The Balaban J connectivity index is 2.51. The van der Waals surface area contributed by atoms with Gasteiger partial charge in [0.1, 0.15) is 12.4 Å². The van der Waals surface area contributed by atoms with Crippen LogP contribution in [0.15, 0.2) is 18.2 Å². The molecular formula is C17H26ClNO2. The molecule has 3 nitrogen and oxygen atoms in total. The molecule has 1 amide bonds. The molecule has 0 aromatic heterocycles. The van der Waals surface area contributed by atoms with E-state index in [4.69, 9.17) is 16.3 Å². The van der Waals surface area contributed by atoms with Crippen molar-refractivity contribution in [2.24, 2.45) is 0 Å². The first-order valence-corrected chi connectivity index (χ1v) is 7.94. The first kappa shape index (κ1) is 17.8. The summed E-state index contributed by atoms with van der Waals surface area (Å²) in [5.41, 5.74) is 2.45. The molecule has 0 atom stereocenters. The normalized spacial score (nSPS) is 11.3. The van der Waals surface area contributed by atoms with E-state index >= 15 is 0 Å². The van der Waals surface area contributed by atoms with Gasteiger partial charge < -0.3 is 10.1 Å². The summed E-state index contributed by atoms with van der Waals surface area (Å²) in [5.74, 6) is 1.43. The molecular weight excluding hydrogens is 286 g/mol. The lowest BCUT2D eigenvalue weighted by Gasteiger charge is -2.23. The number of carbonyl (C=O) groups is 1. The van der Waals surface area contributed by atoms with Crippen molar-refractivity contribution in [3.8, 4) is 5.75 Å². The third-order valence-corrected chi connectivity index (χ3v) is 3.43. The Labute approximate surface area is 133 Å². The van der Waals surface area contributed by atoms with Crippen molar-refractivity contribution in [1.82, 2.24) is 5.32 Å². The molecule has 0 fully saturated rings. The molecule has 0 unspecified atom stereocenters. The first-order chi connectivity index (χ1) is 9.84. The van der Waals surface area contributed by atoms with Crippen LogP contribution < -0.4 is 10.1 Å². The van der Waals surface area contributed by atoms with Gasteiger partial charge in [0.2, 0.25) is 5.91 Å². The van der Waals surface area contributed by atoms with E-state index in [1.165, 1.54) is 11.1 Å². The van der Waals surface area contributed by atoms with Gasteiger partial charge in [0.05, 0.1) is 6.54 Å². The Kier molecular flexibility index (Phi) is 7.03. The van der Waals surface area contributed by atoms with E-state index < -0.39 is 0 Å². The molecule has 0 radical (unpaired) electrons. The van der Waals surface area contributed by atoms with Crippen LogP contribution in [-0.4, -0.2) is 24.9 Å². The minimum atomic E-state index is 0.0270. The fraction of sp³-hybridized carbons (Fsp3) is 0.588. The summed E-state index contributed by atoms with van der Waals surface area (Å²) in [6.07, 6.45) is 1.18. The van der Waals surface area contributed by atoms with Crippen LogP contribution in [0.5, 0.6) is 5.75 Å². The quantitative estimate of drug-likeness (QED) is 0.614. The van der Waals surface area contributed by atoms with Gasteiger partial charge in [-0.15, -0.1) is 11.6 Å². The van der Waals surface area contributed by atoms with Crippen molar-refractivity contribution < 1.29 is 9.53 Å². The maximum absolute atomic E-state index is 11.5. The van der Waals surface area contributed by atoms with E-state index in [0.717, 1.165) is 5.75 Å². The number of hydrogen-bond donors (Lipinski definition) is 1. The molecule has 0 spiro atoms. The second-order valence-corrected chi connectivity index (χ2v) is 6.62. The summed E-state index contributed by atoms with van der Waals surface area (Å²) >= 11 is 5.56. The Hall–Kier alpha value is -1.22. The summed E-state index contributed by atoms with van der Waals surface area (Å²) in [5, 5.41) is 2.83. The highest BCUT2D eigenvalue weighted by Gasteiger charge is 2.19. The van der Waals surface area contributed by atoms with E-state index in [-0.39, 0.29) is 11.3 Å². The van der Waals surface area contributed by atoms with Crippen molar-refractivity contribution in [3.05, 3.63) is 29.3 Å². The van der Waals surface area contributed by atoms with Gasteiger partial charge in [-0.1, -0.05) is 38.5 Å². The van der Waals surface area contributed by atoms with Crippen LogP contribution in [0.4, 0.5) is 0 Å². The number of rotatable bonds is 7. The Morgan fingerprint density at radius 2 is 2.05 bits per heavy atom. The standard InChI is InChI=1S/C17H26ClNO2/c1-13-7-8-15(14(12-13)17(2,3)4)21-11-10-19-16(20)6-5-9-18/h7-8,12H,5-6,9-11H2,1-4H3,(H,19,20). The van der Waals surface area contributed by atoms with E-state index in [1.807, 2.05) is 12.1 Å². The van der Waals surface area contributed by atoms with Gasteiger partial charge in [-0.25, -0.2) is 0 Å². The van der Waals surface area contributed by atoms with Crippen LogP contribution in [0, 0.1) is 6.92 Å². The summed E-state index contributed by atoms with van der Waals surface area (Å²) in [7, 11) is 0. The number of hydrogen-bond acceptors (Lipinski definition) is 2. The first-order valence-electron chi connectivity index (χ1n) is 7.41. The molecule has 4 heteroatoms. The molecule has 1 rings (SSSR count). The maximum atomic E-state index is 11.5. The number of nitrogens with one attached hydrogen (secondary N) is 1. The average Bonchev–Trinajstić information content (AvgIpc) is 2.41. The number of carbonyl (C=O) groups excluding carboxylic acids is 1. The lowest BCUT2D eigenvalue weighted by molar-refractivity contribution is -0.121. The van der Waals surface area contributed by atoms with E-state index in [9.17, 15) is 4.79 Å². The molecule has 1 N–H and O–H groups in total. The molecule has 0 saturated carbocycles. The third kappa shape index (κ3) is 6.38. The lowest BCUT2D eigenvalue weighted by Crippen LogP contribution is -2.28. The predicted molar refractivity (Wildman–Crippen MR) is 88.3 cm³/mol. The lowest BCUT2D eigenvalue weighted by atomic mass is 9.85. The molecule has 21 heavy (non-hydrogen) atoms. The molecule has 0 saturated heterocycles. The highest BCUT2D eigenvalue weighted by molar-refractivity contribution is 6.17. The molecule has 0 aliphatic heterocycles. The van der Waals surface area contributed by atoms with Crippen molar-refractivity contribution in [2.75, 3.05) is 19.0 Å². The maximum Gasteiger partial charge on any atom is 0.220 e. The topological polar surface area (TPSA) is 38.3 Å². The van der Waals surface area contributed by atoms with Gasteiger partial charge in [-0.2, -0.15) is 0 Å². The number of aryl methyl sites for hydroxylation is 1. The molecule has 1 aromatic carbocycles. The predicted octanol–water partition coefficient (Wildman–Crippen LogP) is 3.81. The van der Waals surface area contributed by atoms with Gasteiger partial charge >= 0.3 is 0 Å². The van der Waals surface area contributed by atoms with E-state index in [1.54, 1.807) is 0 Å². The van der Waals surface area contributed by atoms with Crippen LogP contribution in [0.3, 0.4) is 0 Å². The highest BCUT2D eigenvalue weighted by Crippen LogP contribution is 2.31. The fourth-order valence-corrected chi connectivity index (χ4v) is 2.16. The smallest absolute Gasteiger partial charge is 0.220 e. The number of amides is 1. The van der Waals surface area contributed by atoms with Crippen molar-refractivity contribution in [3.63, 3.8) is 0 Å². The van der Waals surface area contributed by atoms with Gasteiger partial charge in [-0.3, -0.25) is 4.79 Å². The summed E-state index contributed by atoms with van der Waals surface area (Å²) in [6, 6.07) is 6.21. The van der Waals surface area contributed by atoms with Gasteiger partial charge in [0.15, 0.2) is 0 Å². The zero-order valence-corrected chi connectivity index (χ0v) is 14.2. The Morgan fingerprint density at radius 1 is 1.33 bits per heavy atom. The second kappa shape index (κ2) is 8.28. The van der Waals surface area contributed by atoms with Crippen LogP contribution in [0.2, 0.25) is 0 Å². The SMILES string of the molecule is Cc1ccc(OCCNC(=O)CCCCl)c(C(C)(C)C)c1. The number of halogens is 1. The van der Waals surface area contributed by atoms with Gasteiger partial charge in [0, 0.05) is 12.3 Å². The van der Waals surface area contributed by atoms with Crippen molar-refractivity contribution in [2.45, 2.75) is 46.0 Å². The Morgan fingerprint density at radius 3 is 2.67 bits per heavy atom. The van der Waals surface area contributed by atoms with Gasteiger partial charge in [0.25, 0.3) is 0 Å². The fourth-order valence-electron chi connectivity index (χ4n) is 2.02. The zero-order chi connectivity index (χ0) is 15.9. The van der Waals surface area contributed by atoms with Crippen LogP contribution in [0.25, 0.3) is 0 Å². The molecule has 0 heterocycles. The molecule has 0 aliphatic rings. The van der Waals surface area contributed by atoms with E-state index in [0.29, 0.717) is 31.9 Å². The van der Waals surface area contributed by atoms with E-state index in [2.05, 4.69) is 39.1 Å². The summed E-state index contributed by atoms with van der Waals surface area (Å²) in [6.45, 7) is 9.57. The van der Waals surface area contributed by atoms with Gasteiger partial charge in [-0.05, 0) is 30.4 Å². The Bertz CT molecular complexity index is 466. The third-order valence-electron chi connectivity index (χ3n) is 3.16. The van der Waals surface area contributed by atoms with Crippen molar-refractivity contribution >= 4 is 17.5 Å². The number of alkyl halides is 1. The van der Waals surface area contributed by atoms with Crippen LogP contribution in [0.1, 0.15) is 44.7 Å². The van der Waals surface area contributed by atoms with Crippen molar-refractivity contribution in [1.29, 1.82) is 0 Å². The largest absolute Gasteiger partial charge is 0.491 e. The monoisotopic (exact) mass is 311 g/mol. The second-order valence-electron chi connectivity index (χ2n) is 6.24. The van der Waals surface area contributed by atoms with Crippen LogP contribution in [-0.2, 0) is 10.2 Å². The number of benzene rings is 1. The molecule has 0 bridgehead atoms. The molecule has 0 aliphatic carbocycles.